The highest BCUT2D eigenvalue weighted by atomic mass is 19.1. The number of carboxylic acid groups (broad SMARTS) is 1. The van der Waals surface area contributed by atoms with E-state index in [0.29, 0.717) is 0 Å². The van der Waals surface area contributed by atoms with E-state index >= 15 is 0 Å². The normalized spacial score (nSPS) is 10.8. The van der Waals surface area contributed by atoms with Crippen LogP contribution < -0.4 is 4.90 Å². The molecule has 0 atom stereocenters. The lowest BCUT2D eigenvalue weighted by atomic mass is 10.1. The smallest absolute Gasteiger partial charge is 0.328 e. The maximum Gasteiger partial charge on any atom is 0.328 e. The number of halogens is 1. The van der Waals surface area contributed by atoms with Crippen LogP contribution in [0.15, 0.2) is 48.5 Å². The average molecular weight is 285 g/mol. The first kappa shape index (κ1) is 14.8. The summed E-state index contributed by atoms with van der Waals surface area (Å²) in [6.45, 7) is 1.91. The van der Waals surface area contributed by atoms with Crippen molar-refractivity contribution in [3.05, 3.63) is 65.5 Å². The SMILES string of the molecule is Cc1cc(N(C)c2cccc(F)c2)ccc1C=CC(=O)O. The average Bonchev–Trinajstić information content (AvgIpc) is 2.45. The van der Waals surface area contributed by atoms with E-state index in [1.807, 2.05) is 43.1 Å². The quantitative estimate of drug-likeness (QED) is 0.863. The molecule has 108 valence electrons. The Bertz CT molecular complexity index is 695. The summed E-state index contributed by atoms with van der Waals surface area (Å²) in [5.74, 6) is -1.26. The maximum absolute atomic E-state index is 13.3. The molecule has 0 aromatic heterocycles. The second-order valence-corrected chi connectivity index (χ2v) is 4.75. The minimum atomic E-state index is -0.977. The second kappa shape index (κ2) is 6.22. The molecule has 2 aromatic carbocycles. The van der Waals surface area contributed by atoms with E-state index in [2.05, 4.69) is 0 Å². The zero-order valence-electron chi connectivity index (χ0n) is 11.9. The third-order valence-corrected chi connectivity index (χ3v) is 3.24. The predicted octanol–water partition coefficient (Wildman–Crippen LogP) is 4.00. The monoisotopic (exact) mass is 285 g/mol. The van der Waals surface area contributed by atoms with Gasteiger partial charge in [0.2, 0.25) is 0 Å². The molecule has 0 saturated carbocycles. The molecule has 0 fully saturated rings. The Morgan fingerprint density at radius 3 is 2.52 bits per heavy atom. The lowest BCUT2D eigenvalue weighted by Gasteiger charge is -2.20. The zero-order valence-corrected chi connectivity index (χ0v) is 11.9. The summed E-state index contributed by atoms with van der Waals surface area (Å²) in [6.07, 6.45) is 2.67. The number of hydrogen-bond acceptors (Lipinski definition) is 2. The van der Waals surface area contributed by atoms with Crippen LogP contribution in [0.5, 0.6) is 0 Å². The summed E-state index contributed by atoms with van der Waals surface area (Å²) in [5, 5.41) is 8.65. The number of carboxylic acids is 1. The second-order valence-electron chi connectivity index (χ2n) is 4.75. The fourth-order valence-corrected chi connectivity index (χ4v) is 2.05. The fraction of sp³-hybridized carbons (Fsp3) is 0.118. The molecule has 0 bridgehead atoms. The number of nitrogens with zero attached hydrogens (tertiary/aromatic N) is 1. The van der Waals surface area contributed by atoms with Gasteiger partial charge in [-0.15, -0.1) is 0 Å². The molecule has 2 rings (SSSR count). The molecule has 3 nitrogen and oxygen atoms in total. The summed E-state index contributed by atoms with van der Waals surface area (Å²) in [5.41, 5.74) is 3.45. The van der Waals surface area contributed by atoms with Crippen LogP contribution in [0.1, 0.15) is 11.1 Å². The van der Waals surface area contributed by atoms with E-state index in [1.54, 1.807) is 12.1 Å². The van der Waals surface area contributed by atoms with Gasteiger partial charge in [0.15, 0.2) is 0 Å². The number of benzene rings is 2. The Labute approximate surface area is 123 Å². The molecule has 0 aliphatic carbocycles. The first-order valence-corrected chi connectivity index (χ1v) is 6.48. The van der Waals surface area contributed by atoms with Crippen LogP contribution in [0, 0.1) is 12.7 Å². The van der Waals surface area contributed by atoms with Gasteiger partial charge in [-0.2, -0.15) is 0 Å². The number of aliphatic carboxylic acids is 1. The van der Waals surface area contributed by atoms with Gasteiger partial charge in [0, 0.05) is 24.5 Å². The van der Waals surface area contributed by atoms with Crippen molar-refractivity contribution in [2.24, 2.45) is 0 Å². The molecule has 2 aromatic rings. The summed E-state index contributed by atoms with van der Waals surface area (Å²) in [6, 6.07) is 12.0. The van der Waals surface area contributed by atoms with E-state index in [1.165, 1.54) is 12.1 Å². The van der Waals surface area contributed by atoms with Crippen molar-refractivity contribution in [2.45, 2.75) is 6.92 Å². The molecule has 1 N–H and O–H groups in total. The molecule has 0 heterocycles. The van der Waals surface area contributed by atoms with Gasteiger partial charge < -0.3 is 10.0 Å². The van der Waals surface area contributed by atoms with Crippen LogP contribution in [0.4, 0.5) is 15.8 Å². The van der Waals surface area contributed by atoms with Gasteiger partial charge in [0.25, 0.3) is 0 Å². The van der Waals surface area contributed by atoms with Gasteiger partial charge >= 0.3 is 5.97 Å². The first-order chi connectivity index (χ1) is 9.97. The van der Waals surface area contributed by atoms with Crippen LogP contribution >= 0.6 is 0 Å². The number of aryl methyl sites for hydroxylation is 1. The van der Waals surface area contributed by atoms with Crippen LogP contribution in [0.3, 0.4) is 0 Å². The minimum absolute atomic E-state index is 0.280. The van der Waals surface area contributed by atoms with Crippen LogP contribution in [-0.4, -0.2) is 18.1 Å². The van der Waals surface area contributed by atoms with E-state index in [0.717, 1.165) is 28.6 Å². The summed E-state index contributed by atoms with van der Waals surface area (Å²) >= 11 is 0. The molecule has 0 aliphatic rings. The Balaban J connectivity index is 2.29. The molecule has 0 aliphatic heterocycles. The highest BCUT2D eigenvalue weighted by Gasteiger charge is 2.06. The Hall–Kier alpha value is -2.62. The van der Waals surface area contributed by atoms with Gasteiger partial charge in [0.05, 0.1) is 0 Å². The van der Waals surface area contributed by atoms with Gasteiger partial charge in [-0.25, -0.2) is 9.18 Å². The minimum Gasteiger partial charge on any atom is -0.478 e. The number of rotatable bonds is 4. The number of hydrogen-bond donors (Lipinski definition) is 1. The third kappa shape index (κ3) is 3.69. The van der Waals surface area contributed by atoms with Crippen LogP contribution in [0.2, 0.25) is 0 Å². The Kier molecular flexibility index (Phi) is 4.38. The molecular formula is C17H16FNO2. The first-order valence-electron chi connectivity index (χ1n) is 6.48. The van der Waals surface area contributed by atoms with E-state index in [9.17, 15) is 9.18 Å². The van der Waals surface area contributed by atoms with Crippen molar-refractivity contribution in [1.29, 1.82) is 0 Å². The summed E-state index contributed by atoms with van der Waals surface area (Å²) < 4.78 is 13.3. The lowest BCUT2D eigenvalue weighted by molar-refractivity contribution is -0.131. The van der Waals surface area contributed by atoms with E-state index in [-0.39, 0.29) is 5.82 Å². The summed E-state index contributed by atoms with van der Waals surface area (Å²) in [7, 11) is 1.86. The topological polar surface area (TPSA) is 40.5 Å². The van der Waals surface area contributed by atoms with E-state index in [4.69, 9.17) is 5.11 Å². The van der Waals surface area contributed by atoms with Crippen LogP contribution in [-0.2, 0) is 4.79 Å². The standard InChI is InChI=1S/C17H16FNO2/c1-12-10-16(8-6-13(12)7-9-17(20)21)19(2)15-5-3-4-14(18)11-15/h3-11H,1-2H3,(H,20,21). The molecule has 0 unspecified atom stereocenters. The third-order valence-electron chi connectivity index (χ3n) is 3.24. The zero-order chi connectivity index (χ0) is 15.4. The van der Waals surface area contributed by atoms with Crippen molar-refractivity contribution >= 4 is 23.4 Å². The van der Waals surface area contributed by atoms with Gasteiger partial charge in [-0.1, -0.05) is 12.1 Å². The van der Waals surface area contributed by atoms with Crippen molar-refractivity contribution < 1.29 is 14.3 Å². The molecule has 4 heteroatoms. The van der Waals surface area contributed by atoms with E-state index < -0.39 is 5.97 Å². The largest absolute Gasteiger partial charge is 0.478 e. The molecular weight excluding hydrogens is 269 g/mol. The molecule has 0 radical (unpaired) electrons. The lowest BCUT2D eigenvalue weighted by Crippen LogP contribution is -2.09. The van der Waals surface area contributed by atoms with Crippen LogP contribution in [0.25, 0.3) is 6.08 Å². The predicted molar refractivity (Wildman–Crippen MR) is 82.3 cm³/mol. The number of anilines is 2. The fourth-order valence-electron chi connectivity index (χ4n) is 2.05. The summed E-state index contributed by atoms with van der Waals surface area (Å²) in [4.78, 5) is 12.4. The van der Waals surface area contributed by atoms with Gasteiger partial charge in [-0.05, 0) is 54.5 Å². The molecule has 0 amide bonds. The van der Waals surface area contributed by atoms with Gasteiger partial charge in [0.1, 0.15) is 5.82 Å². The molecule has 0 spiro atoms. The Morgan fingerprint density at radius 1 is 1.19 bits per heavy atom. The van der Waals surface area contributed by atoms with Crippen molar-refractivity contribution in [1.82, 2.24) is 0 Å². The Morgan fingerprint density at radius 2 is 1.90 bits per heavy atom. The molecule has 21 heavy (non-hydrogen) atoms. The van der Waals surface area contributed by atoms with Crippen molar-refractivity contribution in [2.75, 3.05) is 11.9 Å². The number of carbonyl (C=O) groups is 1. The highest BCUT2D eigenvalue weighted by molar-refractivity contribution is 5.85. The highest BCUT2D eigenvalue weighted by Crippen LogP contribution is 2.26. The molecule has 0 saturated heterocycles. The van der Waals surface area contributed by atoms with Gasteiger partial charge in [-0.3, -0.25) is 0 Å². The maximum atomic E-state index is 13.3. The van der Waals surface area contributed by atoms with Crippen molar-refractivity contribution in [3.8, 4) is 0 Å². The van der Waals surface area contributed by atoms with Crippen molar-refractivity contribution in [3.63, 3.8) is 0 Å².